The Morgan fingerprint density at radius 3 is 2.79 bits per heavy atom. The van der Waals surface area contributed by atoms with Crippen LogP contribution in [0.15, 0.2) is 30.7 Å². The molecule has 1 aliphatic carbocycles. The summed E-state index contributed by atoms with van der Waals surface area (Å²) in [4.78, 5) is 34.1. The number of hydrogen-bond acceptors (Lipinski definition) is 4. The molecule has 2 saturated heterocycles. The first-order valence-corrected chi connectivity index (χ1v) is 10.2. The highest BCUT2D eigenvalue weighted by Gasteiger charge is 2.49. The summed E-state index contributed by atoms with van der Waals surface area (Å²) in [6.07, 6.45) is 9.10. The minimum absolute atomic E-state index is 0.0148. The first kappa shape index (κ1) is 17.7. The third-order valence-electron chi connectivity index (χ3n) is 6.63. The normalized spacial score (nSPS) is 24.9. The fraction of sp³-hybridized carbons (Fsp3) is 0.571. The number of aliphatic hydroxyl groups excluding tert-OH is 1. The summed E-state index contributed by atoms with van der Waals surface area (Å²) in [6.45, 7) is 2.34. The third kappa shape index (κ3) is 3.07. The number of nitrogens with zero attached hydrogens (tertiary/aromatic N) is 4. The van der Waals surface area contributed by atoms with Crippen molar-refractivity contribution in [3.05, 3.63) is 36.3 Å². The Hall–Kier alpha value is -2.41. The Bertz CT molecular complexity index is 909. The highest BCUT2D eigenvalue weighted by molar-refractivity contribution is 5.95. The van der Waals surface area contributed by atoms with E-state index in [0.717, 1.165) is 12.2 Å². The molecule has 1 unspecified atom stereocenters. The Morgan fingerprint density at radius 2 is 2.04 bits per heavy atom. The quantitative estimate of drug-likeness (QED) is 0.874. The first-order valence-electron chi connectivity index (χ1n) is 10.2. The van der Waals surface area contributed by atoms with Gasteiger partial charge in [-0.05, 0) is 50.2 Å². The van der Waals surface area contributed by atoms with Gasteiger partial charge in [-0.15, -0.1) is 0 Å². The average Bonchev–Trinajstić information content (AvgIpc) is 3.38. The van der Waals surface area contributed by atoms with Crippen LogP contribution in [-0.2, 0) is 4.79 Å². The number of likely N-dealkylation sites (tertiary alicyclic amines) is 2. The first-order chi connectivity index (χ1) is 13.5. The monoisotopic (exact) mass is 382 g/mol. The van der Waals surface area contributed by atoms with Crippen LogP contribution in [0.2, 0.25) is 0 Å². The molecule has 2 aromatic heterocycles. The van der Waals surface area contributed by atoms with Gasteiger partial charge in [-0.1, -0.05) is 0 Å². The van der Waals surface area contributed by atoms with E-state index in [2.05, 4.69) is 4.98 Å². The number of carbonyl (C=O) groups excluding carboxylic acids is 2. The number of pyridine rings is 1. The highest BCUT2D eigenvalue weighted by atomic mass is 16.3. The van der Waals surface area contributed by atoms with Crippen molar-refractivity contribution in [2.24, 2.45) is 11.3 Å². The van der Waals surface area contributed by atoms with Gasteiger partial charge in [0.2, 0.25) is 5.91 Å². The van der Waals surface area contributed by atoms with Gasteiger partial charge in [-0.3, -0.25) is 9.59 Å². The van der Waals surface area contributed by atoms with Gasteiger partial charge in [0.25, 0.3) is 5.91 Å². The van der Waals surface area contributed by atoms with Crippen LogP contribution >= 0.6 is 0 Å². The number of amides is 2. The van der Waals surface area contributed by atoms with Crippen LogP contribution in [0.3, 0.4) is 0 Å². The van der Waals surface area contributed by atoms with Gasteiger partial charge in [-0.2, -0.15) is 0 Å². The number of fused-ring (bicyclic) bond motifs is 1. The molecule has 3 fully saturated rings. The Balaban J connectivity index is 1.29. The van der Waals surface area contributed by atoms with Crippen molar-refractivity contribution in [1.82, 2.24) is 19.2 Å². The van der Waals surface area contributed by atoms with Gasteiger partial charge in [0.1, 0.15) is 5.65 Å². The summed E-state index contributed by atoms with van der Waals surface area (Å²) in [6, 6.07) is 3.62. The summed E-state index contributed by atoms with van der Waals surface area (Å²) < 4.78 is 1.87. The fourth-order valence-electron chi connectivity index (χ4n) is 4.83. The predicted molar refractivity (Wildman–Crippen MR) is 103 cm³/mol. The van der Waals surface area contributed by atoms with E-state index >= 15 is 0 Å². The van der Waals surface area contributed by atoms with Crippen molar-refractivity contribution in [2.45, 2.75) is 38.2 Å². The van der Waals surface area contributed by atoms with E-state index in [9.17, 15) is 14.7 Å². The summed E-state index contributed by atoms with van der Waals surface area (Å²) in [7, 11) is 0. The second kappa shape index (κ2) is 6.58. The second-order valence-electron chi connectivity index (χ2n) is 8.69. The smallest absolute Gasteiger partial charge is 0.254 e. The van der Waals surface area contributed by atoms with Crippen LogP contribution in [-0.4, -0.2) is 68.4 Å². The van der Waals surface area contributed by atoms with Crippen molar-refractivity contribution in [1.29, 1.82) is 0 Å². The van der Waals surface area contributed by atoms with Crippen LogP contribution in [0.1, 0.15) is 42.5 Å². The van der Waals surface area contributed by atoms with Crippen molar-refractivity contribution >= 4 is 17.5 Å². The molecule has 3 aliphatic rings. The molecule has 0 bridgehead atoms. The lowest BCUT2D eigenvalue weighted by molar-refractivity contribution is -0.156. The van der Waals surface area contributed by atoms with Crippen molar-refractivity contribution < 1.29 is 14.7 Å². The zero-order valence-corrected chi connectivity index (χ0v) is 16.0. The maximum atomic E-state index is 13.2. The topological polar surface area (TPSA) is 78.2 Å². The molecule has 7 nitrogen and oxygen atoms in total. The number of piperidine rings is 2. The van der Waals surface area contributed by atoms with Gasteiger partial charge < -0.3 is 19.3 Å². The predicted octanol–water partition coefficient (Wildman–Crippen LogP) is 1.56. The van der Waals surface area contributed by atoms with E-state index in [1.54, 1.807) is 12.3 Å². The van der Waals surface area contributed by atoms with Crippen molar-refractivity contribution in [2.75, 3.05) is 26.2 Å². The average molecular weight is 382 g/mol. The third-order valence-corrected chi connectivity index (χ3v) is 6.63. The number of rotatable bonds is 3. The summed E-state index contributed by atoms with van der Waals surface area (Å²) in [5.74, 6) is 0.792. The minimum atomic E-state index is -0.504. The zero-order chi connectivity index (χ0) is 19.3. The number of aliphatic hydroxyl groups is 1. The maximum absolute atomic E-state index is 13.2. The van der Waals surface area contributed by atoms with Gasteiger partial charge in [0.05, 0.1) is 11.5 Å². The van der Waals surface area contributed by atoms with Crippen LogP contribution < -0.4 is 0 Å². The molecule has 1 N–H and O–H groups in total. The van der Waals surface area contributed by atoms with Gasteiger partial charge in [-0.25, -0.2) is 4.98 Å². The number of hydrogen-bond donors (Lipinski definition) is 1. The molecule has 7 heteroatoms. The highest BCUT2D eigenvalue weighted by Crippen LogP contribution is 2.42. The number of aromatic nitrogens is 2. The van der Waals surface area contributed by atoms with Crippen molar-refractivity contribution in [3.8, 4) is 0 Å². The molecule has 0 radical (unpaired) electrons. The lowest BCUT2D eigenvalue weighted by Crippen LogP contribution is -2.58. The minimum Gasteiger partial charge on any atom is -0.391 e. The molecule has 2 aromatic rings. The van der Waals surface area contributed by atoms with E-state index in [0.29, 0.717) is 50.4 Å². The van der Waals surface area contributed by atoms with Gasteiger partial charge >= 0.3 is 0 Å². The van der Waals surface area contributed by atoms with Crippen LogP contribution in [0.5, 0.6) is 0 Å². The van der Waals surface area contributed by atoms with Crippen LogP contribution in [0.25, 0.3) is 5.65 Å². The van der Waals surface area contributed by atoms with Gasteiger partial charge in [0, 0.05) is 50.3 Å². The summed E-state index contributed by atoms with van der Waals surface area (Å²) in [5.41, 5.74) is 0.872. The van der Waals surface area contributed by atoms with E-state index in [1.807, 2.05) is 32.7 Å². The standard InChI is InChI=1S/C21H26N4O3/c26-17-12-21(20(28)25(14-17)13-15-1-2-15)4-8-24(9-5-21)19(27)16-3-7-23-10-6-22-18(23)11-16/h3,6-7,10-11,15,17,26H,1-2,4-5,8-9,12-14H2. The fourth-order valence-corrected chi connectivity index (χ4v) is 4.83. The lowest BCUT2D eigenvalue weighted by Gasteiger charge is -2.48. The molecule has 2 aliphatic heterocycles. The number of carbonyl (C=O) groups is 2. The van der Waals surface area contributed by atoms with E-state index in [4.69, 9.17) is 0 Å². The molecule has 1 atom stereocenters. The SMILES string of the molecule is O=C(c1ccn2ccnc2c1)N1CCC2(CC1)CC(O)CN(CC1CC1)C2=O. The molecule has 1 spiro atoms. The van der Waals surface area contributed by atoms with Gasteiger partial charge in [0.15, 0.2) is 0 Å². The Morgan fingerprint density at radius 1 is 1.25 bits per heavy atom. The molecule has 1 saturated carbocycles. The molecule has 0 aromatic carbocycles. The molecule has 5 rings (SSSR count). The van der Waals surface area contributed by atoms with Crippen molar-refractivity contribution in [3.63, 3.8) is 0 Å². The molecular weight excluding hydrogens is 356 g/mol. The van der Waals surface area contributed by atoms with E-state index in [-0.39, 0.29) is 11.8 Å². The van der Waals surface area contributed by atoms with Crippen LogP contribution in [0.4, 0.5) is 0 Å². The molecule has 2 amide bonds. The van der Waals surface area contributed by atoms with E-state index in [1.165, 1.54) is 12.8 Å². The number of β-amino-alcohol motifs (C(OH)–C–C–N with tert-alkyl or cyclic N) is 1. The largest absolute Gasteiger partial charge is 0.391 e. The lowest BCUT2D eigenvalue weighted by atomic mass is 9.70. The number of imidazole rings is 1. The second-order valence-corrected chi connectivity index (χ2v) is 8.69. The summed E-state index contributed by atoms with van der Waals surface area (Å²) in [5, 5.41) is 10.4. The molecular formula is C21H26N4O3. The molecule has 4 heterocycles. The maximum Gasteiger partial charge on any atom is 0.254 e. The van der Waals surface area contributed by atoms with E-state index < -0.39 is 11.5 Å². The van der Waals surface area contributed by atoms with Crippen LogP contribution in [0, 0.1) is 11.3 Å². The Labute approximate surface area is 163 Å². The zero-order valence-electron chi connectivity index (χ0n) is 16.0. The Kier molecular flexibility index (Phi) is 4.16. The molecule has 148 valence electrons. The molecule has 28 heavy (non-hydrogen) atoms. The summed E-state index contributed by atoms with van der Waals surface area (Å²) >= 11 is 0.